The van der Waals surface area contributed by atoms with E-state index in [1.165, 1.54) is 12.1 Å². The Balaban J connectivity index is 1.76. The predicted octanol–water partition coefficient (Wildman–Crippen LogP) is 2.81. The van der Waals surface area contributed by atoms with Crippen LogP contribution in [0, 0.1) is 17.7 Å². The fourth-order valence-corrected chi connectivity index (χ4v) is 2.73. The van der Waals surface area contributed by atoms with Crippen LogP contribution in [0.3, 0.4) is 0 Å². The van der Waals surface area contributed by atoms with Gasteiger partial charge in [-0.1, -0.05) is 26.0 Å². The summed E-state index contributed by atoms with van der Waals surface area (Å²) in [7, 11) is 0. The Morgan fingerprint density at radius 1 is 1.35 bits per heavy atom. The third-order valence-corrected chi connectivity index (χ3v) is 4.31. The molecular formula is C18H24FNO3. The van der Waals surface area contributed by atoms with Gasteiger partial charge in [-0.15, -0.1) is 0 Å². The van der Waals surface area contributed by atoms with Crippen molar-refractivity contribution >= 4 is 11.9 Å². The van der Waals surface area contributed by atoms with Gasteiger partial charge < -0.3 is 9.64 Å². The van der Waals surface area contributed by atoms with Gasteiger partial charge >= 0.3 is 5.97 Å². The molecule has 126 valence electrons. The number of ether oxygens (including phenoxy) is 1. The van der Waals surface area contributed by atoms with Crippen molar-refractivity contribution < 1.29 is 18.7 Å². The minimum absolute atomic E-state index is 0.136. The second kappa shape index (κ2) is 8.09. The standard InChI is InChI=1S/C18H24FNO3/c1-13-6-8-20(9-7-13)17(21)12-23-18(22)14(2)10-15-4-3-5-16(19)11-15/h3-5,11,13-14H,6-10,12H2,1-2H3. The predicted molar refractivity (Wildman–Crippen MR) is 85.2 cm³/mol. The van der Waals surface area contributed by atoms with Crippen molar-refractivity contribution in [3.05, 3.63) is 35.6 Å². The molecule has 0 bridgehead atoms. The number of halogens is 1. The van der Waals surface area contributed by atoms with Crippen molar-refractivity contribution in [3.8, 4) is 0 Å². The SMILES string of the molecule is CC1CCN(C(=O)COC(=O)C(C)Cc2cccc(F)c2)CC1. The van der Waals surface area contributed by atoms with E-state index in [0.717, 1.165) is 31.5 Å². The fraction of sp³-hybridized carbons (Fsp3) is 0.556. The Hall–Kier alpha value is -1.91. The van der Waals surface area contributed by atoms with Gasteiger partial charge in [0, 0.05) is 13.1 Å². The zero-order valence-corrected chi connectivity index (χ0v) is 13.8. The summed E-state index contributed by atoms with van der Waals surface area (Å²) in [4.78, 5) is 25.8. The third kappa shape index (κ3) is 5.34. The molecule has 1 saturated heterocycles. The van der Waals surface area contributed by atoms with Crippen LogP contribution in [0.5, 0.6) is 0 Å². The summed E-state index contributed by atoms with van der Waals surface area (Å²) < 4.78 is 18.3. The van der Waals surface area contributed by atoms with Crippen molar-refractivity contribution in [3.63, 3.8) is 0 Å². The Morgan fingerprint density at radius 2 is 2.04 bits per heavy atom. The smallest absolute Gasteiger partial charge is 0.309 e. The number of carbonyl (C=O) groups excluding carboxylic acids is 2. The maximum absolute atomic E-state index is 13.1. The van der Waals surface area contributed by atoms with E-state index in [-0.39, 0.29) is 18.3 Å². The molecule has 1 atom stereocenters. The highest BCUT2D eigenvalue weighted by molar-refractivity contribution is 5.81. The molecule has 0 saturated carbocycles. The lowest BCUT2D eigenvalue weighted by molar-refractivity contribution is -0.155. The number of hydrogen-bond donors (Lipinski definition) is 0. The molecule has 23 heavy (non-hydrogen) atoms. The molecular weight excluding hydrogens is 297 g/mol. The summed E-state index contributed by atoms with van der Waals surface area (Å²) in [5.41, 5.74) is 0.741. The molecule has 1 unspecified atom stereocenters. The minimum Gasteiger partial charge on any atom is -0.455 e. The highest BCUT2D eigenvalue weighted by Crippen LogP contribution is 2.16. The molecule has 1 heterocycles. The number of benzene rings is 1. The van der Waals surface area contributed by atoms with Gasteiger partial charge in [0.1, 0.15) is 5.82 Å². The fourth-order valence-electron chi connectivity index (χ4n) is 2.73. The van der Waals surface area contributed by atoms with Crippen LogP contribution in [0.15, 0.2) is 24.3 Å². The molecule has 0 aromatic heterocycles. The van der Waals surface area contributed by atoms with Gasteiger partial charge in [-0.05, 0) is 42.9 Å². The first kappa shape index (κ1) is 17.4. The largest absolute Gasteiger partial charge is 0.455 e. The average molecular weight is 321 g/mol. The number of nitrogens with zero attached hydrogens (tertiary/aromatic N) is 1. The number of likely N-dealkylation sites (tertiary alicyclic amines) is 1. The lowest BCUT2D eigenvalue weighted by Crippen LogP contribution is -2.40. The van der Waals surface area contributed by atoms with Crippen LogP contribution in [0.1, 0.15) is 32.3 Å². The quantitative estimate of drug-likeness (QED) is 0.784. The highest BCUT2D eigenvalue weighted by Gasteiger charge is 2.22. The van der Waals surface area contributed by atoms with Gasteiger partial charge in [-0.3, -0.25) is 9.59 Å². The molecule has 2 rings (SSSR count). The second-order valence-electron chi connectivity index (χ2n) is 6.41. The Morgan fingerprint density at radius 3 is 2.70 bits per heavy atom. The molecule has 1 aliphatic rings. The monoisotopic (exact) mass is 321 g/mol. The van der Waals surface area contributed by atoms with Crippen LogP contribution >= 0.6 is 0 Å². The number of rotatable bonds is 5. The van der Waals surface area contributed by atoms with Gasteiger partial charge in [0.2, 0.25) is 0 Å². The minimum atomic E-state index is -0.423. The van der Waals surface area contributed by atoms with Crippen LogP contribution in [-0.2, 0) is 20.7 Å². The van der Waals surface area contributed by atoms with Gasteiger partial charge in [0.15, 0.2) is 6.61 Å². The van der Waals surface area contributed by atoms with E-state index in [1.54, 1.807) is 24.0 Å². The lowest BCUT2D eigenvalue weighted by atomic mass is 9.99. The van der Waals surface area contributed by atoms with E-state index in [4.69, 9.17) is 4.74 Å². The summed E-state index contributed by atoms with van der Waals surface area (Å²) in [6.45, 7) is 5.16. The van der Waals surface area contributed by atoms with Crippen LogP contribution < -0.4 is 0 Å². The topological polar surface area (TPSA) is 46.6 Å². The molecule has 1 aromatic rings. The first-order valence-corrected chi connectivity index (χ1v) is 8.14. The maximum Gasteiger partial charge on any atom is 0.309 e. The number of esters is 1. The molecule has 0 spiro atoms. The average Bonchev–Trinajstić information content (AvgIpc) is 2.53. The Labute approximate surface area is 136 Å². The van der Waals surface area contributed by atoms with Crippen LogP contribution in [-0.4, -0.2) is 36.5 Å². The molecule has 1 aliphatic heterocycles. The van der Waals surface area contributed by atoms with E-state index in [1.807, 2.05) is 0 Å². The van der Waals surface area contributed by atoms with Crippen LogP contribution in [0.4, 0.5) is 4.39 Å². The van der Waals surface area contributed by atoms with Crippen LogP contribution in [0.2, 0.25) is 0 Å². The highest BCUT2D eigenvalue weighted by atomic mass is 19.1. The molecule has 0 radical (unpaired) electrons. The van der Waals surface area contributed by atoms with Gasteiger partial charge in [0.25, 0.3) is 5.91 Å². The van der Waals surface area contributed by atoms with Gasteiger partial charge in [0.05, 0.1) is 5.92 Å². The molecule has 1 amide bonds. The van der Waals surface area contributed by atoms with Crippen molar-refractivity contribution in [2.75, 3.05) is 19.7 Å². The molecule has 5 heteroatoms. The van der Waals surface area contributed by atoms with E-state index >= 15 is 0 Å². The summed E-state index contributed by atoms with van der Waals surface area (Å²) in [6.07, 6.45) is 2.39. The van der Waals surface area contributed by atoms with Crippen molar-refractivity contribution in [1.29, 1.82) is 0 Å². The third-order valence-electron chi connectivity index (χ3n) is 4.31. The molecule has 1 fully saturated rings. The number of amides is 1. The zero-order valence-electron chi connectivity index (χ0n) is 13.8. The maximum atomic E-state index is 13.1. The van der Waals surface area contributed by atoms with Gasteiger partial charge in [-0.2, -0.15) is 0 Å². The second-order valence-corrected chi connectivity index (χ2v) is 6.41. The number of hydrogen-bond acceptors (Lipinski definition) is 3. The number of carbonyl (C=O) groups is 2. The van der Waals surface area contributed by atoms with E-state index in [0.29, 0.717) is 12.3 Å². The van der Waals surface area contributed by atoms with E-state index in [2.05, 4.69) is 6.92 Å². The van der Waals surface area contributed by atoms with Crippen molar-refractivity contribution in [1.82, 2.24) is 4.90 Å². The zero-order chi connectivity index (χ0) is 16.8. The molecule has 0 N–H and O–H groups in total. The molecule has 1 aromatic carbocycles. The first-order chi connectivity index (χ1) is 11.0. The Kier molecular flexibility index (Phi) is 6.13. The van der Waals surface area contributed by atoms with Crippen molar-refractivity contribution in [2.45, 2.75) is 33.1 Å². The molecule has 4 nitrogen and oxygen atoms in total. The van der Waals surface area contributed by atoms with Gasteiger partial charge in [-0.25, -0.2) is 4.39 Å². The lowest BCUT2D eigenvalue weighted by Gasteiger charge is -2.30. The van der Waals surface area contributed by atoms with E-state index in [9.17, 15) is 14.0 Å². The number of piperidine rings is 1. The summed E-state index contributed by atoms with van der Waals surface area (Å²) in [6, 6.07) is 6.16. The van der Waals surface area contributed by atoms with Crippen LogP contribution in [0.25, 0.3) is 0 Å². The summed E-state index contributed by atoms with van der Waals surface area (Å²) in [5, 5.41) is 0. The van der Waals surface area contributed by atoms with E-state index < -0.39 is 11.9 Å². The van der Waals surface area contributed by atoms with Crippen molar-refractivity contribution in [2.24, 2.45) is 11.8 Å². The summed E-state index contributed by atoms with van der Waals surface area (Å²) in [5.74, 6) is -0.646. The Bertz CT molecular complexity index is 553. The molecule has 0 aliphatic carbocycles. The first-order valence-electron chi connectivity index (χ1n) is 8.14. The summed E-state index contributed by atoms with van der Waals surface area (Å²) >= 11 is 0. The normalized spacial score (nSPS) is 16.9.